The Kier molecular flexibility index (Phi) is 3.82. The SMILES string of the molecule is [NH3+][C@H](C(=O)[O-])c1ccc(SC(F)(F)F)cc1. The number of carboxylic acids is 1. The van der Waals surface area contributed by atoms with Gasteiger partial charge in [0.25, 0.3) is 0 Å². The van der Waals surface area contributed by atoms with Crippen LogP contribution in [0.15, 0.2) is 29.2 Å². The molecule has 0 aliphatic rings. The third-order valence-corrected chi connectivity index (χ3v) is 2.54. The zero-order valence-corrected chi connectivity index (χ0v) is 8.77. The molecule has 0 aromatic heterocycles. The summed E-state index contributed by atoms with van der Waals surface area (Å²) >= 11 is -0.254. The molecular formula is C9H8F3NO2S. The molecule has 0 aliphatic carbocycles. The Bertz CT molecular complexity index is 377. The number of quaternary nitrogens is 1. The number of hydrogen-bond acceptors (Lipinski definition) is 3. The molecular weight excluding hydrogens is 243 g/mol. The van der Waals surface area contributed by atoms with Crippen LogP contribution in [0.25, 0.3) is 0 Å². The first-order valence-corrected chi connectivity index (χ1v) is 5.01. The number of carbonyl (C=O) groups excluding carboxylic acids is 1. The Labute approximate surface area is 93.4 Å². The van der Waals surface area contributed by atoms with E-state index in [0.717, 1.165) is 0 Å². The molecule has 0 radical (unpaired) electrons. The molecule has 16 heavy (non-hydrogen) atoms. The van der Waals surface area contributed by atoms with E-state index in [-0.39, 0.29) is 16.7 Å². The molecule has 0 aliphatic heterocycles. The van der Waals surface area contributed by atoms with E-state index in [0.29, 0.717) is 5.56 Å². The summed E-state index contributed by atoms with van der Waals surface area (Å²) in [5.41, 5.74) is -0.715. The number of alkyl halides is 3. The number of aliphatic carboxylic acids is 1. The summed E-state index contributed by atoms with van der Waals surface area (Å²) in [6.45, 7) is 0. The molecule has 1 aromatic rings. The lowest BCUT2D eigenvalue weighted by molar-refractivity contribution is -0.443. The Morgan fingerprint density at radius 1 is 1.31 bits per heavy atom. The van der Waals surface area contributed by atoms with Gasteiger partial charge in [-0.25, -0.2) is 0 Å². The van der Waals surface area contributed by atoms with E-state index < -0.39 is 17.5 Å². The maximum absolute atomic E-state index is 12.0. The van der Waals surface area contributed by atoms with Gasteiger partial charge in [-0.3, -0.25) is 0 Å². The zero-order chi connectivity index (χ0) is 12.3. The minimum atomic E-state index is -4.35. The smallest absolute Gasteiger partial charge is 0.446 e. The number of thioether (sulfide) groups is 1. The highest BCUT2D eigenvalue weighted by molar-refractivity contribution is 8.00. The number of halogens is 3. The molecule has 0 amide bonds. The molecule has 3 N–H and O–H groups in total. The Balaban J connectivity index is 2.79. The normalized spacial score (nSPS) is 13.5. The van der Waals surface area contributed by atoms with Gasteiger partial charge >= 0.3 is 5.51 Å². The predicted molar refractivity (Wildman–Crippen MR) is 49.0 cm³/mol. The number of carbonyl (C=O) groups is 1. The molecule has 0 fully saturated rings. The topological polar surface area (TPSA) is 67.8 Å². The van der Waals surface area contributed by atoms with E-state index >= 15 is 0 Å². The van der Waals surface area contributed by atoms with Crippen LogP contribution in [0.3, 0.4) is 0 Å². The fourth-order valence-electron chi connectivity index (χ4n) is 1.04. The van der Waals surface area contributed by atoms with Gasteiger partial charge in [0.05, 0.1) is 0 Å². The van der Waals surface area contributed by atoms with Gasteiger partial charge in [-0.05, 0) is 23.9 Å². The number of hydrogen-bond donors (Lipinski definition) is 1. The van der Waals surface area contributed by atoms with Crippen molar-refractivity contribution in [3.63, 3.8) is 0 Å². The van der Waals surface area contributed by atoms with Crippen molar-refractivity contribution in [2.75, 3.05) is 0 Å². The summed E-state index contributed by atoms with van der Waals surface area (Å²) in [7, 11) is 0. The lowest BCUT2D eigenvalue weighted by Gasteiger charge is -2.10. The van der Waals surface area contributed by atoms with Crippen LogP contribution < -0.4 is 10.8 Å². The third-order valence-electron chi connectivity index (χ3n) is 1.80. The zero-order valence-electron chi connectivity index (χ0n) is 7.95. The molecule has 1 rings (SSSR count). The first-order valence-electron chi connectivity index (χ1n) is 4.19. The number of carboxylic acid groups (broad SMARTS) is 1. The number of rotatable bonds is 3. The van der Waals surface area contributed by atoms with Gasteiger partial charge in [0.1, 0.15) is 5.97 Å². The second-order valence-electron chi connectivity index (χ2n) is 2.99. The van der Waals surface area contributed by atoms with Crippen molar-refractivity contribution in [3.05, 3.63) is 29.8 Å². The van der Waals surface area contributed by atoms with E-state index in [2.05, 4.69) is 5.73 Å². The highest BCUT2D eigenvalue weighted by Gasteiger charge is 2.29. The van der Waals surface area contributed by atoms with Crippen molar-refractivity contribution in [1.29, 1.82) is 0 Å². The highest BCUT2D eigenvalue weighted by Crippen LogP contribution is 2.36. The van der Waals surface area contributed by atoms with Crippen LogP contribution in [0, 0.1) is 0 Å². The van der Waals surface area contributed by atoms with Crippen LogP contribution in [0.4, 0.5) is 13.2 Å². The quantitative estimate of drug-likeness (QED) is 0.787. The van der Waals surface area contributed by atoms with Gasteiger partial charge in [0.15, 0.2) is 6.04 Å². The molecule has 88 valence electrons. The van der Waals surface area contributed by atoms with E-state index in [9.17, 15) is 23.1 Å². The van der Waals surface area contributed by atoms with Crippen molar-refractivity contribution in [1.82, 2.24) is 0 Å². The van der Waals surface area contributed by atoms with E-state index in [4.69, 9.17) is 0 Å². The van der Waals surface area contributed by atoms with Gasteiger partial charge in [-0.1, -0.05) is 12.1 Å². The molecule has 7 heteroatoms. The molecule has 0 saturated carbocycles. The molecule has 1 aromatic carbocycles. The first kappa shape index (κ1) is 12.9. The largest absolute Gasteiger partial charge is 0.544 e. The average Bonchev–Trinajstić information content (AvgIpc) is 2.15. The van der Waals surface area contributed by atoms with Gasteiger partial charge in [0.2, 0.25) is 0 Å². The van der Waals surface area contributed by atoms with E-state index in [1.54, 1.807) is 0 Å². The van der Waals surface area contributed by atoms with Gasteiger partial charge in [0, 0.05) is 10.5 Å². The van der Waals surface area contributed by atoms with Crippen molar-refractivity contribution < 1.29 is 28.8 Å². The van der Waals surface area contributed by atoms with Crippen LogP contribution in [0.2, 0.25) is 0 Å². The summed E-state index contributed by atoms with van der Waals surface area (Å²) in [4.78, 5) is 10.5. The first-order chi connectivity index (χ1) is 7.29. The van der Waals surface area contributed by atoms with Crippen molar-refractivity contribution >= 4 is 17.7 Å². The molecule has 0 bridgehead atoms. The molecule has 0 unspecified atom stereocenters. The van der Waals surface area contributed by atoms with Gasteiger partial charge in [-0.15, -0.1) is 0 Å². The summed E-state index contributed by atoms with van der Waals surface area (Å²) in [5, 5.41) is 10.5. The Morgan fingerprint density at radius 2 is 1.81 bits per heavy atom. The predicted octanol–water partition coefficient (Wildman–Crippen LogP) is 0.331. The lowest BCUT2D eigenvalue weighted by Crippen LogP contribution is -2.60. The summed E-state index contributed by atoms with van der Waals surface area (Å²) in [6.07, 6.45) is 0. The summed E-state index contributed by atoms with van der Waals surface area (Å²) < 4.78 is 35.9. The summed E-state index contributed by atoms with van der Waals surface area (Å²) in [6, 6.07) is 3.91. The highest BCUT2D eigenvalue weighted by atomic mass is 32.2. The minimum Gasteiger partial charge on any atom is -0.544 e. The third kappa shape index (κ3) is 3.74. The fourth-order valence-corrected chi connectivity index (χ4v) is 1.58. The maximum atomic E-state index is 12.0. The van der Waals surface area contributed by atoms with Crippen LogP contribution in [0.1, 0.15) is 11.6 Å². The molecule has 3 nitrogen and oxygen atoms in total. The fraction of sp³-hybridized carbons (Fsp3) is 0.222. The molecule has 1 atom stereocenters. The Hall–Kier alpha value is -1.21. The minimum absolute atomic E-state index is 0.00166. The molecule has 0 heterocycles. The molecule has 0 spiro atoms. The van der Waals surface area contributed by atoms with E-state index in [1.165, 1.54) is 24.3 Å². The van der Waals surface area contributed by atoms with Crippen molar-refractivity contribution in [2.45, 2.75) is 16.4 Å². The van der Waals surface area contributed by atoms with E-state index in [1.807, 2.05) is 0 Å². The second kappa shape index (κ2) is 4.75. The second-order valence-corrected chi connectivity index (χ2v) is 4.13. The standard InChI is InChI=1S/C9H8F3NO2S/c10-9(11,12)16-6-3-1-5(2-4-6)7(13)8(14)15/h1-4,7H,13H2,(H,14,15)/t7-/m0/s1. The number of benzene rings is 1. The van der Waals surface area contributed by atoms with Crippen molar-refractivity contribution in [3.8, 4) is 0 Å². The van der Waals surface area contributed by atoms with Crippen LogP contribution in [0.5, 0.6) is 0 Å². The maximum Gasteiger partial charge on any atom is 0.446 e. The summed E-state index contributed by atoms with van der Waals surface area (Å²) in [5.74, 6) is -1.36. The monoisotopic (exact) mass is 251 g/mol. The van der Waals surface area contributed by atoms with Gasteiger partial charge < -0.3 is 15.6 Å². The van der Waals surface area contributed by atoms with Crippen LogP contribution >= 0.6 is 11.8 Å². The average molecular weight is 251 g/mol. The Morgan fingerprint density at radius 3 is 2.19 bits per heavy atom. The lowest BCUT2D eigenvalue weighted by atomic mass is 10.1. The van der Waals surface area contributed by atoms with Crippen molar-refractivity contribution in [2.24, 2.45) is 0 Å². The van der Waals surface area contributed by atoms with Crippen LogP contribution in [-0.4, -0.2) is 11.5 Å². The molecule has 0 saturated heterocycles. The van der Waals surface area contributed by atoms with Crippen LogP contribution in [-0.2, 0) is 4.79 Å². The van der Waals surface area contributed by atoms with Gasteiger partial charge in [-0.2, -0.15) is 13.2 Å².